The number of carbonyl (C=O) groups excluding carboxylic acids is 1. The standard InChI is InChI=1S/C12H15BrN2O3S/c1-8-4-5-11(15-10(3)16)6-12(8)19(17,18)14-7-9(2)13/h4-6,14H,2,7H2,1,3H3,(H,15,16). The van der Waals surface area contributed by atoms with Gasteiger partial charge in [-0.05, 0) is 24.6 Å². The van der Waals surface area contributed by atoms with Gasteiger partial charge in [-0.15, -0.1) is 0 Å². The first-order chi connectivity index (χ1) is 8.72. The number of rotatable bonds is 5. The lowest BCUT2D eigenvalue weighted by Crippen LogP contribution is -2.25. The summed E-state index contributed by atoms with van der Waals surface area (Å²) in [5, 5.41) is 2.55. The number of halogens is 1. The third kappa shape index (κ3) is 4.77. The van der Waals surface area contributed by atoms with E-state index in [4.69, 9.17) is 0 Å². The van der Waals surface area contributed by atoms with Gasteiger partial charge in [-0.1, -0.05) is 28.6 Å². The molecule has 1 amide bonds. The number of anilines is 1. The van der Waals surface area contributed by atoms with Crippen LogP contribution >= 0.6 is 15.9 Å². The summed E-state index contributed by atoms with van der Waals surface area (Å²) in [7, 11) is -3.64. The minimum absolute atomic E-state index is 0.103. The molecule has 7 heteroatoms. The monoisotopic (exact) mass is 346 g/mol. The van der Waals surface area contributed by atoms with Gasteiger partial charge in [-0.25, -0.2) is 13.1 Å². The summed E-state index contributed by atoms with van der Waals surface area (Å²) in [5.41, 5.74) is 1.04. The first-order valence-electron chi connectivity index (χ1n) is 5.43. The molecular formula is C12H15BrN2O3S. The van der Waals surface area contributed by atoms with Gasteiger partial charge in [-0.3, -0.25) is 4.79 Å². The van der Waals surface area contributed by atoms with Gasteiger partial charge >= 0.3 is 0 Å². The third-order valence-corrected chi connectivity index (χ3v) is 4.08. The zero-order valence-electron chi connectivity index (χ0n) is 10.7. The van der Waals surface area contributed by atoms with Crippen LogP contribution in [0.1, 0.15) is 12.5 Å². The zero-order valence-corrected chi connectivity index (χ0v) is 13.1. The Labute approximate surface area is 121 Å². The van der Waals surface area contributed by atoms with E-state index in [2.05, 4.69) is 32.5 Å². The number of hydrogen-bond acceptors (Lipinski definition) is 3. The van der Waals surface area contributed by atoms with Crippen molar-refractivity contribution in [3.8, 4) is 0 Å². The molecule has 0 aliphatic heterocycles. The number of aryl methyl sites for hydroxylation is 1. The second kappa shape index (κ2) is 6.31. The molecular weight excluding hydrogens is 332 g/mol. The van der Waals surface area contributed by atoms with Crippen LogP contribution in [0, 0.1) is 6.92 Å². The molecule has 5 nitrogen and oxygen atoms in total. The molecule has 0 atom stereocenters. The Kier molecular flexibility index (Phi) is 5.28. The van der Waals surface area contributed by atoms with E-state index in [1.54, 1.807) is 19.1 Å². The Hall–Kier alpha value is -1.18. The van der Waals surface area contributed by atoms with Crippen molar-refractivity contribution in [3.05, 3.63) is 34.8 Å². The molecule has 0 saturated heterocycles. The van der Waals surface area contributed by atoms with Crippen molar-refractivity contribution in [2.24, 2.45) is 0 Å². The highest BCUT2D eigenvalue weighted by atomic mass is 79.9. The zero-order chi connectivity index (χ0) is 14.6. The molecule has 19 heavy (non-hydrogen) atoms. The largest absolute Gasteiger partial charge is 0.326 e. The van der Waals surface area contributed by atoms with Crippen LogP contribution in [0.2, 0.25) is 0 Å². The summed E-state index contributed by atoms with van der Waals surface area (Å²) in [5.74, 6) is -0.256. The Morgan fingerprint density at radius 3 is 2.58 bits per heavy atom. The molecule has 1 rings (SSSR count). The van der Waals surface area contributed by atoms with Gasteiger partial charge in [-0.2, -0.15) is 0 Å². The maximum atomic E-state index is 12.1. The van der Waals surface area contributed by atoms with Gasteiger partial charge in [0.2, 0.25) is 15.9 Å². The fraction of sp³-hybridized carbons (Fsp3) is 0.250. The highest BCUT2D eigenvalue weighted by Crippen LogP contribution is 2.20. The van der Waals surface area contributed by atoms with E-state index in [0.717, 1.165) is 0 Å². The Morgan fingerprint density at radius 1 is 1.42 bits per heavy atom. The SMILES string of the molecule is C=C(Br)CNS(=O)(=O)c1cc(NC(C)=O)ccc1C. The van der Waals surface area contributed by atoms with Crippen molar-refractivity contribution < 1.29 is 13.2 Å². The number of benzene rings is 1. The first kappa shape index (κ1) is 15.9. The molecule has 2 N–H and O–H groups in total. The highest BCUT2D eigenvalue weighted by Gasteiger charge is 2.17. The fourth-order valence-electron chi connectivity index (χ4n) is 1.42. The lowest BCUT2D eigenvalue weighted by Gasteiger charge is -2.11. The van der Waals surface area contributed by atoms with Crippen LogP contribution in [0.3, 0.4) is 0 Å². The summed E-state index contributed by atoms with van der Waals surface area (Å²) in [4.78, 5) is 11.1. The maximum Gasteiger partial charge on any atom is 0.241 e. The third-order valence-electron chi connectivity index (χ3n) is 2.25. The van der Waals surface area contributed by atoms with Gasteiger partial charge in [0.1, 0.15) is 0 Å². The van der Waals surface area contributed by atoms with Crippen LogP contribution < -0.4 is 10.0 Å². The molecule has 1 aromatic carbocycles. The number of nitrogens with one attached hydrogen (secondary N) is 2. The average Bonchev–Trinajstić information content (AvgIpc) is 2.28. The summed E-state index contributed by atoms with van der Waals surface area (Å²) >= 11 is 3.09. The molecule has 0 heterocycles. The van der Waals surface area contributed by atoms with Gasteiger partial charge in [0, 0.05) is 23.6 Å². The number of carbonyl (C=O) groups is 1. The van der Waals surface area contributed by atoms with Crippen LogP contribution in [0.5, 0.6) is 0 Å². The average molecular weight is 347 g/mol. The van der Waals surface area contributed by atoms with Crippen molar-refractivity contribution in [1.29, 1.82) is 0 Å². The molecule has 0 aliphatic rings. The number of amides is 1. The Balaban J connectivity index is 3.10. The van der Waals surface area contributed by atoms with E-state index >= 15 is 0 Å². The lowest BCUT2D eigenvalue weighted by molar-refractivity contribution is -0.114. The molecule has 0 unspecified atom stereocenters. The normalized spacial score (nSPS) is 11.1. The smallest absolute Gasteiger partial charge is 0.241 e. The van der Waals surface area contributed by atoms with Crippen molar-refractivity contribution >= 4 is 37.5 Å². The first-order valence-corrected chi connectivity index (χ1v) is 7.71. The van der Waals surface area contributed by atoms with Gasteiger partial charge in [0.15, 0.2) is 0 Å². The van der Waals surface area contributed by atoms with Crippen molar-refractivity contribution in [3.63, 3.8) is 0 Å². The summed E-state index contributed by atoms with van der Waals surface area (Å²) in [6.07, 6.45) is 0. The van der Waals surface area contributed by atoms with Crippen LogP contribution in [0.15, 0.2) is 34.2 Å². The molecule has 0 spiro atoms. The molecule has 0 fully saturated rings. The van der Waals surface area contributed by atoms with Crippen molar-refractivity contribution in [2.45, 2.75) is 18.7 Å². The van der Waals surface area contributed by atoms with Crippen LogP contribution in [-0.4, -0.2) is 20.9 Å². The van der Waals surface area contributed by atoms with Crippen LogP contribution in [0.4, 0.5) is 5.69 Å². The summed E-state index contributed by atoms with van der Waals surface area (Å²) in [6, 6.07) is 4.72. The van der Waals surface area contributed by atoms with E-state index in [1.165, 1.54) is 13.0 Å². The summed E-state index contributed by atoms with van der Waals surface area (Å²) in [6.45, 7) is 6.72. The predicted octanol–water partition coefficient (Wildman–Crippen LogP) is 2.14. The van der Waals surface area contributed by atoms with Gasteiger partial charge in [0.25, 0.3) is 0 Å². The number of hydrogen-bond donors (Lipinski definition) is 2. The molecule has 104 valence electrons. The molecule has 0 bridgehead atoms. The summed E-state index contributed by atoms with van der Waals surface area (Å²) < 4.78 is 27.2. The Bertz CT molecular complexity index is 611. The number of sulfonamides is 1. The molecule has 0 saturated carbocycles. The van der Waals surface area contributed by atoms with Crippen LogP contribution in [-0.2, 0) is 14.8 Å². The second-order valence-electron chi connectivity index (χ2n) is 4.00. The van der Waals surface area contributed by atoms with E-state index in [1.807, 2.05) is 0 Å². The van der Waals surface area contributed by atoms with Crippen LogP contribution in [0.25, 0.3) is 0 Å². The van der Waals surface area contributed by atoms with E-state index < -0.39 is 10.0 Å². The van der Waals surface area contributed by atoms with Crippen molar-refractivity contribution in [1.82, 2.24) is 4.72 Å². The minimum atomic E-state index is -3.64. The van der Waals surface area contributed by atoms with E-state index in [9.17, 15) is 13.2 Å². The van der Waals surface area contributed by atoms with Gasteiger partial charge in [0.05, 0.1) is 4.90 Å². The maximum absolute atomic E-state index is 12.1. The fourth-order valence-corrected chi connectivity index (χ4v) is 3.04. The minimum Gasteiger partial charge on any atom is -0.326 e. The van der Waals surface area contributed by atoms with Crippen molar-refractivity contribution in [2.75, 3.05) is 11.9 Å². The lowest BCUT2D eigenvalue weighted by atomic mass is 10.2. The second-order valence-corrected chi connectivity index (χ2v) is 6.86. The molecule has 1 aromatic rings. The quantitative estimate of drug-likeness (QED) is 0.857. The van der Waals surface area contributed by atoms with E-state index in [0.29, 0.717) is 15.7 Å². The molecule has 0 aliphatic carbocycles. The Morgan fingerprint density at radius 2 is 2.05 bits per heavy atom. The topological polar surface area (TPSA) is 75.3 Å². The molecule has 0 aromatic heterocycles. The van der Waals surface area contributed by atoms with E-state index in [-0.39, 0.29) is 17.3 Å². The highest BCUT2D eigenvalue weighted by molar-refractivity contribution is 9.11. The molecule has 0 radical (unpaired) electrons. The predicted molar refractivity (Wildman–Crippen MR) is 78.7 cm³/mol. The van der Waals surface area contributed by atoms with Gasteiger partial charge < -0.3 is 5.32 Å².